The number of carbonyl (C=O) groups is 3. The Morgan fingerprint density at radius 1 is 0.742 bits per heavy atom. The van der Waals surface area contributed by atoms with E-state index in [0.717, 1.165) is 27.5 Å². The van der Waals surface area contributed by atoms with Crippen molar-refractivity contribution < 1.29 is 24.6 Å². The lowest BCUT2D eigenvalue weighted by Crippen LogP contribution is -2.01. The van der Waals surface area contributed by atoms with E-state index in [1.54, 1.807) is 18.2 Å². The molecular weight excluding hydrogens is 412 g/mol. The Morgan fingerprint density at radius 2 is 1.26 bits per heavy atom. The summed E-state index contributed by atoms with van der Waals surface area (Å²) in [7, 11) is 0. The first-order valence-corrected chi connectivity index (χ1v) is 10.5. The van der Waals surface area contributed by atoms with Crippen LogP contribution in [0.2, 0.25) is 0 Å². The minimum Gasteiger partial charge on any atom is -0.478 e. The predicted molar refractivity (Wildman–Crippen MR) is 123 cm³/mol. The molecular formula is C25H18O5S. The summed E-state index contributed by atoms with van der Waals surface area (Å²) in [4.78, 5) is 34.9. The number of hydrogen-bond donors (Lipinski definition) is 2. The van der Waals surface area contributed by atoms with Gasteiger partial charge in [-0.3, -0.25) is 4.79 Å². The molecule has 0 aliphatic carbocycles. The molecule has 0 spiro atoms. The lowest BCUT2D eigenvalue weighted by Gasteiger charge is -2.15. The number of carboxylic acids is 2. The van der Waals surface area contributed by atoms with Crippen LogP contribution >= 0.6 is 11.8 Å². The van der Waals surface area contributed by atoms with Gasteiger partial charge in [-0.05, 0) is 56.4 Å². The second kappa shape index (κ2) is 8.24. The number of thioether (sulfide) groups is 1. The first-order chi connectivity index (χ1) is 14.9. The SMILES string of the molecule is CC(=O)SCc1ccc(-c2c3cccc(C(=O)O)c3cc3c(C(=O)O)cccc23)cc1. The van der Waals surface area contributed by atoms with Crippen molar-refractivity contribution in [3.05, 3.63) is 83.4 Å². The number of fused-ring (bicyclic) bond motifs is 2. The third kappa shape index (κ3) is 3.90. The van der Waals surface area contributed by atoms with Gasteiger partial charge in [0.15, 0.2) is 5.12 Å². The number of hydrogen-bond acceptors (Lipinski definition) is 4. The summed E-state index contributed by atoms with van der Waals surface area (Å²) in [6.45, 7) is 1.53. The van der Waals surface area contributed by atoms with Crippen LogP contribution in [-0.2, 0) is 10.5 Å². The molecule has 0 aromatic heterocycles. The molecule has 0 saturated heterocycles. The van der Waals surface area contributed by atoms with Gasteiger partial charge < -0.3 is 10.2 Å². The molecule has 0 heterocycles. The molecule has 0 aliphatic rings. The number of benzene rings is 4. The van der Waals surface area contributed by atoms with Gasteiger partial charge in [0.05, 0.1) is 11.1 Å². The Hall–Kier alpha value is -3.64. The van der Waals surface area contributed by atoms with Gasteiger partial charge in [0.1, 0.15) is 0 Å². The highest BCUT2D eigenvalue weighted by Gasteiger charge is 2.18. The van der Waals surface area contributed by atoms with E-state index in [1.165, 1.54) is 30.8 Å². The molecule has 0 radical (unpaired) electrons. The van der Waals surface area contributed by atoms with Gasteiger partial charge in [-0.15, -0.1) is 0 Å². The van der Waals surface area contributed by atoms with Crippen molar-refractivity contribution >= 4 is 50.4 Å². The molecule has 2 N–H and O–H groups in total. The van der Waals surface area contributed by atoms with Crippen LogP contribution in [0.4, 0.5) is 0 Å². The van der Waals surface area contributed by atoms with Gasteiger partial charge in [-0.2, -0.15) is 0 Å². The fourth-order valence-corrected chi connectivity index (χ4v) is 4.37. The molecule has 0 amide bonds. The second-order valence-electron chi connectivity index (χ2n) is 7.14. The van der Waals surface area contributed by atoms with Gasteiger partial charge in [0.25, 0.3) is 0 Å². The molecule has 0 fully saturated rings. The first-order valence-electron chi connectivity index (χ1n) is 9.54. The summed E-state index contributed by atoms with van der Waals surface area (Å²) < 4.78 is 0. The van der Waals surface area contributed by atoms with Crippen molar-refractivity contribution in [2.24, 2.45) is 0 Å². The average molecular weight is 430 g/mol. The van der Waals surface area contributed by atoms with Crippen LogP contribution in [0, 0.1) is 0 Å². The highest BCUT2D eigenvalue weighted by molar-refractivity contribution is 8.12. The summed E-state index contributed by atoms with van der Waals surface area (Å²) in [5, 5.41) is 21.9. The molecule has 154 valence electrons. The lowest BCUT2D eigenvalue weighted by molar-refractivity contribution is -0.109. The topological polar surface area (TPSA) is 91.7 Å². The summed E-state index contributed by atoms with van der Waals surface area (Å²) >= 11 is 1.23. The van der Waals surface area contributed by atoms with Crippen molar-refractivity contribution in [2.45, 2.75) is 12.7 Å². The van der Waals surface area contributed by atoms with Crippen LogP contribution in [0.5, 0.6) is 0 Å². The van der Waals surface area contributed by atoms with Crippen LogP contribution in [-0.4, -0.2) is 27.3 Å². The standard InChI is InChI=1S/C25H18O5S/c1-14(26)31-13-15-8-10-16(11-9-15)23-17-4-2-6-19(24(27)28)21(17)12-22-18(23)5-3-7-20(22)25(29)30/h2-12H,13H2,1H3,(H,27,28)(H,29,30). The normalized spacial score (nSPS) is 11.0. The Kier molecular flexibility index (Phi) is 5.48. The molecule has 4 aromatic rings. The summed E-state index contributed by atoms with van der Waals surface area (Å²) in [5.74, 6) is -1.57. The molecule has 31 heavy (non-hydrogen) atoms. The largest absolute Gasteiger partial charge is 0.478 e. The van der Waals surface area contributed by atoms with E-state index >= 15 is 0 Å². The van der Waals surface area contributed by atoms with Gasteiger partial charge in [-0.1, -0.05) is 60.3 Å². The maximum Gasteiger partial charge on any atom is 0.336 e. The maximum absolute atomic E-state index is 11.8. The zero-order valence-corrected chi connectivity index (χ0v) is 17.4. The molecule has 5 nitrogen and oxygen atoms in total. The minimum atomic E-state index is -1.07. The molecule has 0 atom stereocenters. The molecule has 0 saturated carbocycles. The van der Waals surface area contributed by atoms with Gasteiger partial charge in [-0.25, -0.2) is 9.59 Å². The quantitative estimate of drug-likeness (QED) is 0.387. The monoisotopic (exact) mass is 430 g/mol. The number of carboxylic acid groups (broad SMARTS) is 2. The van der Waals surface area contributed by atoms with Crippen LogP contribution in [0.25, 0.3) is 32.7 Å². The highest BCUT2D eigenvalue weighted by atomic mass is 32.2. The van der Waals surface area contributed by atoms with E-state index in [1.807, 2.05) is 36.4 Å². The third-order valence-electron chi connectivity index (χ3n) is 5.19. The molecule has 0 unspecified atom stereocenters. The Bertz CT molecular complexity index is 1280. The van der Waals surface area contributed by atoms with Crippen LogP contribution in [0.15, 0.2) is 66.7 Å². The van der Waals surface area contributed by atoms with Crippen molar-refractivity contribution in [3.8, 4) is 11.1 Å². The van der Waals surface area contributed by atoms with E-state index in [4.69, 9.17) is 0 Å². The van der Waals surface area contributed by atoms with Crippen LogP contribution < -0.4 is 0 Å². The van der Waals surface area contributed by atoms with Crippen LogP contribution in [0.3, 0.4) is 0 Å². The zero-order valence-electron chi connectivity index (χ0n) is 16.6. The van der Waals surface area contributed by atoms with Crippen molar-refractivity contribution in [1.29, 1.82) is 0 Å². The summed E-state index contributed by atoms with van der Waals surface area (Å²) in [6, 6.07) is 19.5. The smallest absolute Gasteiger partial charge is 0.336 e. The Balaban J connectivity index is 2.03. The number of aromatic carboxylic acids is 2. The highest BCUT2D eigenvalue weighted by Crippen LogP contribution is 2.39. The molecule has 6 heteroatoms. The summed E-state index contributed by atoms with van der Waals surface area (Å²) in [6.07, 6.45) is 0. The predicted octanol–water partition coefficient (Wildman–Crippen LogP) is 5.84. The number of carbonyl (C=O) groups excluding carboxylic acids is 1. The molecule has 0 aliphatic heterocycles. The van der Waals surface area contributed by atoms with Gasteiger partial charge >= 0.3 is 11.9 Å². The maximum atomic E-state index is 11.8. The fourth-order valence-electron chi connectivity index (χ4n) is 3.80. The average Bonchev–Trinajstić information content (AvgIpc) is 2.75. The van der Waals surface area contributed by atoms with E-state index in [-0.39, 0.29) is 16.2 Å². The van der Waals surface area contributed by atoms with E-state index in [0.29, 0.717) is 16.5 Å². The van der Waals surface area contributed by atoms with E-state index in [2.05, 4.69) is 0 Å². The Morgan fingerprint density at radius 3 is 1.71 bits per heavy atom. The Labute approximate surface area is 182 Å². The van der Waals surface area contributed by atoms with E-state index in [9.17, 15) is 24.6 Å². The second-order valence-corrected chi connectivity index (χ2v) is 8.29. The molecule has 4 rings (SSSR count). The molecule has 0 bridgehead atoms. The molecule has 4 aromatic carbocycles. The number of rotatable bonds is 5. The minimum absolute atomic E-state index is 0.0477. The lowest BCUT2D eigenvalue weighted by atomic mass is 9.88. The van der Waals surface area contributed by atoms with Crippen molar-refractivity contribution in [1.82, 2.24) is 0 Å². The van der Waals surface area contributed by atoms with Gasteiger partial charge in [0, 0.05) is 12.7 Å². The van der Waals surface area contributed by atoms with Crippen molar-refractivity contribution in [2.75, 3.05) is 0 Å². The summed E-state index contributed by atoms with van der Waals surface area (Å²) in [5.41, 5.74) is 2.86. The zero-order chi connectivity index (χ0) is 22.1. The first kappa shape index (κ1) is 20.6. The van der Waals surface area contributed by atoms with Crippen LogP contribution in [0.1, 0.15) is 33.2 Å². The van der Waals surface area contributed by atoms with Gasteiger partial charge in [0.2, 0.25) is 0 Å². The van der Waals surface area contributed by atoms with Crippen molar-refractivity contribution in [3.63, 3.8) is 0 Å². The fraction of sp³-hybridized carbons (Fsp3) is 0.0800. The third-order valence-corrected chi connectivity index (χ3v) is 6.07. The van der Waals surface area contributed by atoms with E-state index < -0.39 is 11.9 Å².